The Balaban J connectivity index is 2.24. The van der Waals surface area contributed by atoms with Gasteiger partial charge in [-0.25, -0.2) is 0 Å². The average molecular weight is 288 g/mol. The van der Waals surface area contributed by atoms with Crippen LogP contribution in [0.2, 0.25) is 0 Å². The van der Waals surface area contributed by atoms with E-state index in [2.05, 4.69) is 10.3 Å². The van der Waals surface area contributed by atoms with Gasteiger partial charge in [-0.2, -0.15) is 0 Å². The van der Waals surface area contributed by atoms with E-state index in [9.17, 15) is 14.7 Å². The Hall–Kier alpha value is -2.30. The lowest BCUT2D eigenvalue weighted by atomic mass is 9.87. The summed E-state index contributed by atoms with van der Waals surface area (Å²) in [5, 5.41) is 12.8. The largest absolute Gasteiger partial charge is 0.481 e. The molecule has 0 aliphatic carbocycles. The summed E-state index contributed by atoms with van der Waals surface area (Å²) in [6.45, 7) is 5.39. The van der Waals surface area contributed by atoms with Gasteiger partial charge in [0.15, 0.2) is 0 Å². The normalized spacial score (nSPS) is 13.9. The monoisotopic (exact) mass is 288 g/mol. The van der Waals surface area contributed by atoms with Crippen LogP contribution in [0.5, 0.6) is 0 Å². The second-order valence-electron chi connectivity index (χ2n) is 5.57. The molecule has 21 heavy (non-hydrogen) atoms. The number of carbonyl (C=O) groups excluding carboxylic acids is 1. The molecule has 5 heteroatoms. The molecule has 1 aromatic heterocycles. The molecule has 5 nitrogen and oxygen atoms in total. The number of aryl methyl sites for hydroxylation is 1. The summed E-state index contributed by atoms with van der Waals surface area (Å²) in [6.07, 6.45) is 0.454. The van der Waals surface area contributed by atoms with E-state index in [4.69, 9.17) is 0 Å². The standard InChI is InChI=1S/C16H20N2O3/c1-4-16(3,15(20)21)9-17-14(19)13-10(2)18-12-8-6-5-7-11(12)13/h5-8,18H,4,9H2,1-3H3,(H,17,19)(H,20,21). The van der Waals surface area contributed by atoms with E-state index in [0.717, 1.165) is 16.6 Å². The Morgan fingerprint density at radius 2 is 2.00 bits per heavy atom. The van der Waals surface area contributed by atoms with Crippen molar-refractivity contribution in [3.63, 3.8) is 0 Å². The molecule has 2 rings (SSSR count). The number of H-pyrrole nitrogens is 1. The van der Waals surface area contributed by atoms with Gasteiger partial charge in [-0.15, -0.1) is 0 Å². The number of para-hydroxylation sites is 1. The fourth-order valence-corrected chi connectivity index (χ4v) is 2.28. The number of benzene rings is 1. The number of aromatic nitrogens is 1. The van der Waals surface area contributed by atoms with E-state index in [1.165, 1.54) is 0 Å². The van der Waals surface area contributed by atoms with Crippen molar-refractivity contribution in [2.45, 2.75) is 27.2 Å². The highest BCUT2D eigenvalue weighted by Crippen LogP contribution is 2.23. The number of hydrogen-bond acceptors (Lipinski definition) is 2. The Morgan fingerprint density at radius 3 is 2.62 bits per heavy atom. The van der Waals surface area contributed by atoms with Gasteiger partial charge < -0.3 is 15.4 Å². The third-order valence-electron chi connectivity index (χ3n) is 4.06. The maximum Gasteiger partial charge on any atom is 0.311 e. The van der Waals surface area contributed by atoms with E-state index in [1.54, 1.807) is 13.8 Å². The highest BCUT2D eigenvalue weighted by atomic mass is 16.4. The van der Waals surface area contributed by atoms with Gasteiger partial charge in [0.05, 0.1) is 11.0 Å². The van der Waals surface area contributed by atoms with Gasteiger partial charge >= 0.3 is 5.97 Å². The fourth-order valence-electron chi connectivity index (χ4n) is 2.28. The molecule has 0 saturated heterocycles. The van der Waals surface area contributed by atoms with Crippen molar-refractivity contribution in [3.8, 4) is 0 Å². The first-order valence-electron chi connectivity index (χ1n) is 6.98. The molecule has 3 N–H and O–H groups in total. The van der Waals surface area contributed by atoms with Crippen molar-refractivity contribution in [2.75, 3.05) is 6.54 Å². The molecule has 0 fully saturated rings. The van der Waals surface area contributed by atoms with Crippen molar-refractivity contribution in [2.24, 2.45) is 5.41 Å². The first-order chi connectivity index (χ1) is 9.89. The number of hydrogen-bond donors (Lipinski definition) is 3. The lowest BCUT2D eigenvalue weighted by Crippen LogP contribution is -2.40. The summed E-state index contributed by atoms with van der Waals surface area (Å²) in [5.41, 5.74) is 1.31. The highest BCUT2D eigenvalue weighted by molar-refractivity contribution is 6.08. The number of nitrogens with one attached hydrogen (secondary N) is 2. The smallest absolute Gasteiger partial charge is 0.311 e. The first kappa shape index (κ1) is 15.1. The molecule has 0 radical (unpaired) electrons. The van der Waals surface area contributed by atoms with E-state index < -0.39 is 11.4 Å². The van der Waals surface area contributed by atoms with E-state index in [0.29, 0.717) is 12.0 Å². The lowest BCUT2D eigenvalue weighted by Gasteiger charge is -2.23. The fraction of sp³-hybridized carbons (Fsp3) is 0.375. The van der Waals surface area contributed by atoms with Crippen LogP contribution in [0.3, 0.4) is 0 Å². The van der Waals surface area contributed by atoms with Gasteiger partial charge in [0.1, 0.15) is 0 Å². The zero-order valence-electron chi connectivity index (χ0n) is 12.5. The van der Waals surface area contributed by atoms with Crippen LogP contribution in [0.4, 0.5) is 0 Å². The molecule has 0 aliphatic heterocycles. The molecule has 0 bridgehead atoms. The summed E-state index contributed by atoms with van der Waals surface area (Å²) in [5.74, 6) is -1.15. The minimum atomic E-state index is -0.949. The Labute approximate surface area is 123 Å². The number of carboxylic acid groups (broad SMARTS) is 1. The number of aromatic amines is 1. The van der Waals surface area contributed by atoms with Gasteiger partial charge in [0.25, 0.3) is 5.91 Å². The minimum Gasteiger partial charge on any atom is -0.481 e. The van der Waals surface area contributed by atoms with Crippen LogP contribution >= 0.6 is 0 Å². The van der Waals surface area contributed by atoms with Gasteiger partial charge in [0, 0.05) is 23.1 Å². The van der Waals surface area contributed by atoms with Gasteiger partial charge in [-0.1, -0.05) is 25.1 Å². The van der Waals surface area contributed by atoms with Crippen LogP contribution in [0.25, 0.3) is 10.9 Å². The van der Waals surface area contributed by atoms with Crippen LogP contribution in [0.15, 0.2) is 24.3 Å². The van der Waals surface area contributed by atoms with Crippen molar-refractivity contribution < 1.29 is 14.7 Å². The Morgan fingerprint density at radius 1 is 1.33 bits per heavy atom. The molecule has 1 atom stereocenters. The highest BCUT2D eigenvalue weighted by Gasteiger charge is 2.32. The first-order valence-corrected chi connectivity index (χ1v) is 6.98. The van der Waals surface area contributed by atoms with Crippen LogP contribution in [-0.2, 0) is 4.79 Å². The zero-order chi connectivity index (χ0) is 15.6. The maximum absolute atomic E-state index is 12.4. The third-order valence-corrected chi connectivity index (χ3v) is 4.06. The molecule has 1 unspecified atom stereocenters. The SMILES string of the molecule is CCC(C)(CNC(=O)c1c(C)[nH]c2ccccc12)C(=O)O. The van der Waals surface area contributed by atoms with Crippen LogP contribution in [-0.4, -0.2) is 28.5 Å². The molecule has 1 aromatic carbocycles. The zero-order valence-corrected chi connectivity index (χ0v) is 12.5. The Kier molecular flexibility index (Phi) is 4.02. The van der Waals surface area contributed by atoms with E-state index in [1.807, 2.05) is 31.2 Å². The Bertz CT molecular complexity index is 690. The van der Waals surface area contributed by atoms with Gasteiger partial charge in [-0.05, 0) is 26.3 Å². The van der Waals surface area contributed by atoms with Crippen LogP contribution < -0.4 is 5.32 Å². The van der Waals surface area contributed by atoms with Crippen molar-refractivity contribution >= 4 is 22.8 Å². The molecule has 0 saturated carbocycles. The van der Waals surface area contributed by atoms with E-state index >= 15 is 0 Å². The number of amides is 1. The molecular formula is C16H20N2O3. The summed E-state index contributed by atoms with van der Waals surface area (Å²) in [6, 6.07) is 7.56. The summed E-state index contributed by atoms with van der Waals surface area (Å²) in [7, 11) is 0. The number of fused-ring (bicyclic) bond motifs is 1. The maximum atomic E-state index is 12.4. The van der Waals surface area contributed by atoms with Crippen molar-refractivity contribution in [1.29, 1.82) is 0 Å². The van der Waals surface area contributed by atoms with E-state index in [-0.39, 0.29) is 12.5 Å². The predicted octanol–water partition coefficient (Wildman–Crippen LogP) is 2.71. The minimum absolute atomic E-state index is 0.108. The summed E-state index contributed by atoms with van der Waals surface area (Å²) < 4.78 is 0. The molecule has 112 valence electrons. The summed E-state index contributed by atoms with van der Waals surface area (Å²) in [4.78, 5) is 26.8. The van der Waals surface area contributed by atoms with Crippen molar-refractivity contribution in [3.05, 3.63) is 35.5 Å². The molecule has 1 amide bonds. The number of carbonyl (C=O) groups is 2. The number of aliphatic carboxylic acids is 1. The van der Waals surface area contributed by atoms with Gasteiger partial charge in [0.2, 0.25) is 0 Å². The predicted molar refractivity (Wildman–Crippen MR) is 81.4 cm³/mol. The van der Waals surface area contributed by atoms with Gasteiger partial charge in [-0.3, -0.25) is 9.59 Å². The summed E-state index contributed by atoms with van der Waals surface area (Å²) >= 11 is 0. The second kappa shape index (κ2) is 5.60. The molecule has 0 spiro atoms. The number of carboxylic acids is 1. The lowest BCUT2D eigenvalue weighted by molar-refractivity contribution is -0.147. The topological polar surface area (TPSA) is 82.2 Å². The quantitative estimate of drug-likeness (QED) is 0.791. The number of rotatable bonds is 5. The molecule has 2 aromatic rings. The van der Waals surface area contributed by atoms with Crippen LogP contribution in [0.1, 0.15) is 36.3 Å². The third kappa shape index (κ3) is 2.77. The average Bonchev–Trinajstić information content (AvgIpc) is 2.80. The van der Waals surface area contributed by atoms with Crippen LogP contribution in [0, 0.1) is 12.3 Å². The molecular weight excluding hydrogens is 268 g/mol. The molecule has 1 heterocycles. The second-order valence-corrected chi connectivity index (χ2v) is 5.57. The van der Waals surface area contributed by atoms with Crippen molar-refractivity contribution in [1.82, 2.24) is 10.3 Å². The molecule has 0 aliphatic rings.